The summed E-state index contributed by atoms with van der Waals surface area (Å²) in [5.41, 5.74) is 4.24. The second-order valence-corrected chi connectivity index (χ2v) is 6.21. The van der Waals surface area contributed by atoms with Crippen LogP contribution in [-0.4, -0.2) is 26.6 Å². The van der Waals surface area contributed by atoms with Crippen LogP contribution in [0.5, 0.6) is 0 Å². The van der Waals surface area contributed by atoms with Crippen molar-refractivity contribution in [2.45, 2.75) is 53.1 Å². The van der Waals surface area contributed by atoms with E-state index in [0.29, 0.717) is 13.0 Å². The summed E-state index contributed by atoms with van der Waals surface area (Å²) in [5, 5.41) is 4.42. The molecule has 0 bridgehead atoms. The maximum atomic E-state index is 12.9. The molecule has 1 atom stereocenters. The molecule has 4 heteroatoms. The quantitative estimate of drug-likeness (QED) is 0.819. The molecule has 2 aromatic rings. The molecule has 1 aromatic heterocycles. The zero-order valence-corrected chi connectivity index (χ0v) is 14.8. The molecule has 0 saturated heterocycles. The lowest BCUT2D eigenvalue weighted by Gasteiger charge is -2.29. The summed E-state index contributed by atoms with van der Waals surface area (Å²) in [5.74, 6) is 0.169. The van der Waals surface area contributed by atoms with E-state index >= 15 is 0 Å². The van der Waals surface area contributed by atoms with Crippen molar-refractivity contribution in [3.05, 3.63) is 52.8 Å². The van der Waals surface area contributed by atoms with Gasteiger partial charge in [-0.25, -0.2) is 0 Å². The number of rotatable bonds is 6. The summed E-state index contributed by atoms with van der Waals surface area (Å²) < 4.78 is 1.85. The van der Waals surface area contributed by atoms with Gasteiger partial charge in [0.15, 0.2) is 0 Å². The van der Waals surface area contributed by atoms with E-state index in [1.165, 1.54) is 5.56 Å². The number of carbonyl (C=O) groups excluding carboxylic acids is 1. The summed E-state index contributed by atoms with van der Waals surface area (Å²) in [6, 6.07) is 10.4. The predicted molar refractivity (Wildman–Crippen MR) is 93.1 cm³/mol. The van der Waals surface area contributed by atoms with Gasteiger partial charge in [-0.1, -0.05) is 37.3 Å². The van der Waals surface area contributed by atoms with Gasteiger partial charge in [0.1, 0.15) is 0 Å². The molecule has 1 unspecified atom stereocenters. The lowest BCUT2D eigenvalue weighted by atomic mass is 10.1. The molecule has 1 heterocycles. The molecule has 0 fully saturated rings. The van der Waals surface area contributed by atoms with Crippen molar-refractivity contribution in [1.82, 2.24) is 14.7 Å². The van der Waals surface area contributed by atoms with Crippen LogP contribution in [-0.2, 0) is 24.8 Å². The first kappa shape index (κ1) is 17.3. The number of hydrogen-bond donors (Lipinski definition) is 0. The van der Waals surface area contributed by atoms with Gasteiger partial charge in [-0.15, -0.1) is 0 Å². The Balaban J connectivity index is 2.20. The topological polar surface area (TPSA) is 38.1 Å². The van der Waals surface area contributed by atoms with E-state index in [9.17, 15) is 4.79 Å². The number of hydrogen-bond acceptors (Lipinski definition) is 2. The molecule has 1 aromatic carbocycles. The third-order valence-corrected chi connectivity index (χ3v) is 4.63. The van der Waals surface area contributed by atoms with Gasteiger partial charge >= 0.3 is 0 Å². The molecule has 0 aliphatic carbocycles. The summed E-state index contributed by atoms with van der Waals surface area (Å²) >= 11 is 0. The highest BCUT2D eigenvalue weighted by atomic mass is 16.2. The lowest BCUT2D eigenvalue weighted by Crippen LogP contribution is -2.38. The van der Waals surface area contributed by atoms with Crippen molar-refractivity contribution in [2.75, 3.05) is 0 Å². The number of nitrogens with zero attached hydrogens (tertiary/aromatic N) is 3. The number of carbonyl (C=O) groups is 1. The molecule has 4 nitrogen and oxygen atoms in total. The molecule has 23 heavy (non-hydrogen) atoms. The molecule has 0 N–H and O–H groups in total. The van der Waals surface area contributed by atoms with E-state index in [1.54, 1.807) is 0 Å². The van der Waals surface area contributed by atoms with E-state index in [-0.39, 0.29) is 11.9 Å². The van der Waals surface area contributed by atoms with E-state index in [4.69, 9.17) is 0 Å². The molecule has 0 spiro atoms. The van der Waals surface area contributed by atoms with E-state index in [0.717, 1.165) is 23.4 Å². The third-order valence-electron chi connectivity index (χ3n) is 4.63. The van der Waals surface area contributed by atoms with Crippen LogP contribution in [0.3, 0.4) is 0 Å². The number of amides is 1. The highest BCUT2D eigenvalue weighted by molar-refractivity contribution is 5.79. The Morgan fingerprint density at radius 2 is 1.91 bits per heavy atom. The molecule has 124 valence electrons. The molecule has 1 amide bonds. The summed E-state index contributed by atoms with van der Waals surface area (Å²) in [4.78, 5) is 14.9. The minimum atomic E-state index is 0.169. The van der Waals surface area contributed by atoms with Crippen LogP contribution in [0.1, 0.15) is 42.8 Å². The van der Waals surface area contributed by atoms with Crippen LogP contribution < -0.4 is 0 Å². The predicted octanol–water partition coefficient (Wildman–Crippen LogP) is 3.41. The summed E-state index contributed by atoms with van der Waals surface area (Å²) in [6.07, 6.45) is 1.37. The van der Waals surface area contributed by atoms with Crippen LogP contribution in [0.15, 0.2) is 30.3 Å². The van der Waals surface area contributed by atoms with Gasteiger partial charge in [0.05, 0.1) is 12.1 Å². The SMILES string of the molecule is CCC(C)N(Cc1ccccc1)C(=O)Cc1c(C)nn(C)c1C. The average Bonchev–Trinajstić information content (AvgIpc) is 2.79. The fourth-order valence-electron chi connectivity index (χ4n) is 2.82. The minimum absolute atomic E-state index is 0.169. The normalized spacial score (nSPS) is 12.2. The number of aromatic nitrogens is 2. The first-order chi connectivity index (χ1) is 10.9. The largest absolute Gasteiger partial charge is 0.335 e. The molecule has 0 saturated carbocycles. The second kappa shape index (κ2) is 7.44. The summed E-state index contributed by atoms with van der Waals surface area (Å²) in [7, 11) is 1.92. The average molecular weight is 313 g/mol. The standard InChI is InChI=1S/C19H27N3O/c1-6-14(2)22(13-17-10-8-7-9-11-17)19(23)12-18-15(3)20-21(5)16(18)4/h7-11,14H,6,12-13H2,1-5H3. The van der Waals surface area contributed by atoms with Crippen LogP contribution in [0.4, 0.5) is 0 Å². The molecule has 0 aliphatic rings. The van der Waals surface area contributed by atoms with Crippen molar-refractivity contribution in [2.24, 2.45) is 7.05 Å². The number of aryl methyl sites for hydroxylation is 2. The monoisotopic (exact) mass is 313 g/mol. The van der Waals surface area contributed by atoms with E-state index in [2.05, 4.69) is 31.1 Å². The lowest BCUT2D eigenvalue weighted by molar-refractivity contribution is -0.133. The van der Waals surface area contributed by atoms with Gasteiger partial charge < -0.3 is 4.90 Å². The highest BCUT2D eigenvalue weighted by Gasteiger charge is 2.22. The van der Waals surface area contributed by atoms with Gasteiger partial charge in [0, 0.05) is 30.9 Å². The Morgan fingerprint density at radius 3 is 2.43 bits per heavy atom. The Kier molecular flexibility index (Phi) is 5.59. The zero-order chi connectivity index (χ0) is 17.0. The number of benzene rings is 1. The van der Waals surface area contributed by atoms with E-state index < -0.39 is 0 Å². The fourth-order valence-corrected chi connectivity index (χ4v) is 2.82. The van der Waals surface area contributed by atoms with Gasteiger partial charge in [0.25, 0.3) is 0 Å². The Bertz CT molecular complexity index is 661. The minimum Gasteiger partial charge on any atom is -0.335 e. The van der Waals surface area contributed by atoms with Crippen LogP contribution in [0.2, 0.25) is 0 Å². The van der Waals surface area contributed by atoms with Crippen LogP contribution in [0.25, 0.3) is 0 Å². The van der Waals surface area contributed by atoms with Crippen LogP contribution in [0, 0.1) is 13.8 Å². The van der Waals surface area contributed by atoms with E-state index in [1.807, 2.05) is 48.7 Å². The van der Waals surface area contributed by atoms with Gasteiger partial charge in [-0.05, 0) is 32.8 Å². The Labute approximate surface area is 139 Å². The van der Waals surface area contributed by atoms with Gasteiger partial charge in [-0.2, -0.15) is 5.10 Å². The highest BCUT2D eigenvalue weighted by Crippen LogP contribution is 2.17. The smallest absolute Gasteiger partial charge is 0.227 e. The van der Waals surface area contributed by atoms with Crippen molar-refractivity contribution in [3.63, 3.8) is 0 Å². The van der Waals surface area contributed by atoms with Gasteiger partial charge in [-0.3, -0.25) is 9.48 Å². The van der Waals surface area contributed by atoms with Crippen molar-refractivity contribution in [3.8, 4) is 0 Å². The maximum absolute atomic E-state index is 12.9. The molecule has 2 rings (SSSR count). The van der Waals surface area contributed by atoms with Gasteiger partial charge in [0.2, 0.25) is 5.91 Å². The first-order valence-electron chi connectivity index (χ1n) is 8.26. The summed E-state index contributed by atoms with van der Waals surface area (Å²) in [6.45, 7) is 8.89. The zero-order valence-electron chi connectivity index (χ0n) is 14.8. The van der Waals surface area contributed by atoms with Crippen molar-refractivity contribution < 1.29 is 4.79 Å². The molecular weight excluding hydrogens is 286 g/mol. The fraction of sp³-hybridized carbons (Fsp3) is 0.474. The molecular formula is C19H27N3O. The second-order valence-electron chi connectivity index (χ2n) is 6.21. The third kappa shape index (κ3) is 4.01. The van der Waals surface area contributed by atoms with Crippen LogP contribution >= 0.6 is 0 Å². The Hall–Kier alpha value is -2.10. The maximum Gasteiger partial charge on any atom is 0.227 e. The first-order valence-corrected chi connectivity index (χ1v) is 8.26. The van der Waals surface area contributed by atoms with Crippen molar-refractivity contribution in [1.29, 1.82) is 0 Å². The molecule has 0 aliphatic heterocycles. The van der Waals surface area contributed by atoms with Crippen molar-refractivity contribution >= 4 is 5.91 Å². The molecule has 0 radical (unpaired) electrons. The Morgan fingerprint density at radius 1 is 1.26 bits per heavy atom.